The van der Waals surface area contributed by atoms with E-state index in [0.717, 1.165) is 11.8 Å². The highest BCUT2D eigenvalue weighted by Crippen LogP contribution is 2.49. The molecule has 0 aromatic carbocycles. The van der Waals surface area contributed by atoms with E-state index in [4.69, 9.17) is 4.74 Å². The van der Waals surface area contributed by atoms with Crippen LogP contribution in [0.3, 0.4) is 0 Å². The van der Waals surface area contributed by atoms with Crippen LogP contribution >= 0.6 is 0 Å². The minimum atomic E-state index is 0.391. The maximum Gasteiger partial charge on any atom is 0.0646 e. The van der Waals surface area contributed by atoms with Crippen molar-refractivity contribution in [1.29, 1.82) is 0 Å². The lowest BCUT2D eigenvalue weighted by Gasteiger charge is -2.26. The van der Waals surface area contributed by atoms with Crippen molar-refractivity contribution >= 4 is 0 Å². The molecule has 1 heteroatoms. The fourth-order valence-electron chi connectivity index (χ4n) is 2.97. The summed E-state index contributed by atoms with van der Waals surface area (Å²) in [6.45, 7) is 6.45. The van der Waals surface area contributed by atoms with E-state index in [1.165, 1.54) is 19.3 Å². The van der Waals surface area contributed by atoms with Crippen molar-refractivity contribution in [2.45, 2.75) is 52.2 Å². The van der Waals surface area contributed by atoms with Gasteiger partial charge in [-0.05, 0) is 46.0 Å². The van der Waals surface area contributed by atoms with E-state index in [9.17, 15) is 0 Å². The third-order valence-electron chi connectivity index (χ3n) is 3.42. The Bertz CT molecular complexity index is 217. The Morgan fingerprint density at radius 3 is 2.69 bits per heavy atom. The van der Waals surface area contributed by atoms with Crippen molar-refractivity contribution < 1.29 is 4.74 Å². The Balaban J connectivity index is 2.02. The summed E-state index contributed by atoms with van der Waals surface area (Å²) in [5.74, 6) is 1.69. The summed E-state index contributed by atoms with van der Waals surface area (Å²) < 4.78 is 5.94. The van der Waals surface area contributed by atoms with Gasteiger partial charge in [0.2, 0.25) is 0 Å². The van der Waals surface area contributed by atoms with Crippen LogP contribution in [-0.2, 0) is 4.74 Å². The normalized spacial score (nSPS) is 40.9. The van der Waals surface area contributed by atoms with Crippen molar-refractivity contribution in [3.05, 3.63) is 11.6 Å². The molecule has 74 valence electrons. The molecule has 0 heterocycles. The van der Waals surface area contributed by atoms with Gasteiger partial charge in [0, 0.05) is 5.92 Å². The predicted octanol–water partition coefficient (Wildman–Crippen LogP) is 3.16. The summed E-state index contributed by atoms with van der Waals surface area (Å²) in [6.07, 6.45) is 7.27. The van der Waals surface area contributed by atoms with Gasteiger partial charge in [0.05, 0.1) is 12.2 Å². The first-order valence-corrected chi connectivity index (χ1v) is 5.51. The molecule has 13 heavy (non-hydrogen) atoms. The highest BCUT2D eigenvalue weighted by atomic mass is 16.5. The Labute approximate surface area is 81.2 Å². The lowest BCUT2D eigenvalue weighted by Crippen LogP contribution is -2.25. The lowest BCUT2D eigenvalue weighted by atomic mass is 9.92. The molecule has 2 saturated carbocycles. The van der Waals surface area contributed by atoms with Gasteiger partial charge in [0.1, 0.15) is 0 Å². The number of rotatable bonds is 2. The first-order chi connectivity index (χ1) is 6.20. The van der Waals surface area contributed by atoms with Crippen molar-refractivity contribution in [1.82, 2.24) is 0 Å². The predicted molar refractivity (Wildman–Crippen MR) is 54.6 cm³/mol. The van der Waals surface area contributed by atoms with E-state index in [0.29, 0.717) is 12.2 Å². The molecule has 0 aromatic heterocycles. The smallest absolute Gasteiger partial charge is 0.0646 e. The lowest BCUT2D eigenvalue weighted by molar-refractivity contribution is -0.0116. The Hall–Kier alpha value is -0.300. The van der Waals surface area contributed by atoms with E-state index in [-0.39, 0.29) is 0 Å². The molecule has 0 amide bonds. The molecule has 0 N–H and O–H groups in total. The average Bonchev–Trinajstić information content (AvgIpc) is 2.60. The Kier molecular flexibility index (Phi) is 2.46. The molecule has 0 radical (unpaired) electrons. The summed E-state index contributed by atoms with van der Waals surface area (Å²) in [4.78, 5) is 0. The molecular weight excluding hydrogens is 160 g/mol. The zero-order chi connectivity index (χ0) is 9.42. The van der Waals surface area contributed by atoms with Gasteiger partial charge in [-0.2, -0.15) is 0 Å². The fraction of sp³-hybridized carbons (Fsp3) is 0.833. The number of ether oxygens (including phenoxy) is 1. The van der Waals surface area contributed by atoms with Crippen molar-refractivity contribution in [3.63, 3.8) is 0 Å². The number of allylic oxidation sites excluding steroid dienone is 1. The van der Waals surface area contributed by atoms with Crippen LogP contribution in [0.2, 0.25) is 0 Å². The molecule has 2 fully saturated rings. The summed E-state index contributed by atoms with van der Waals surface area (Å²) >= 11 is 0. The van der Waals surface area contributed by atoms with Gasteiger partial charge in [-0.15, -0.1) is 0 Å². The van der Waals surface area contributed by atoms with Gasteiger partial charge in [-0.25, -0.2) is 0 Å². The van der Waals surface area contributed by atoms with Gasteiger partial charge in [0.25, 0.3) is 0 Å². The van der Waals surface area contributed by atoms with Crippen LogP contribution in [0.5, 0.6) is 0 Å². The SMILES string of the molecule is C/C=C1/C[C@@H]2CC(OC(C)C)[C@H]1C2. The van der Waals surface area contributed by atoms with Gasteiger partial charge in [-0.1, -0.05) is 11.6 Å². The Morgan fingerprint density at radius 2 is 2.15 bits per heavy atom. The maximum atomic E-state index is 5.94. The van der Waals surface area contributed by atoms with Crippen LogP contribution in [-0.4, -0.2) is 12.2 Å². The quantitative estimate of drug-likeness (QED) is 0.593. The molecule has 3 atom stereocenters. The van der Waals surface area contributed by atoms with Gasteiger partial charge in [0.15, 0.2) is 0 Å². The van der Waals surface area contributed by atoms with Crippen LogP contribution in [0.25, 0.3) is 0 Å². The summed E-state index contributed by atoms with van der Waals surface area (Å²) in [6, 6.07) is 0. The monoisotopic (exact) mass is 180 g/mol. The van der Waals surface area contributed by atoms with E-state index in [1.54, 1.807) is 5.57 Å². The average molecular weight is 180 g/mol. The number of hydrogen-bond donors (Lipinski definition) is 0. The van der Waals surface area contributed by atoms with Crippen LogP contribution in [0.15, 0.2) is 11.6 Å². The fourth-order valence-corrected chi connectivity index (χ4v) is 2.97. The summed E-state index contributed by atoms with van der Waals surface area (Å²) in [7, 11) is 0. The van der Waals surface area contributed by atoms with Crippen LogP contribution in [0.1, 0.15) is 40.0 Å². The zero-order valence-corrected chi connectivity index (χ0v) is 8.92. The molecule has 0 aliphatic heterocycles. The summed E-state index contributed by atoms with van der Waals surface area (Å²) in [5.41, 5.74) is 1.65. The number of hydrogen-bond acceptors (Lipinski definition) is 1. The molecular formula is C12H20O. The molecule has 1 unspecified atom stereocenters. The van der Waals surface area contributed by atoms with Crippen molar-refractivity contribution in [3.8, 4) is 0 Å². The van der Waals surface area contributed by atoms with E-state index in [2.05, 4.69) is 26.8 Å². The second-order valence-electron chi connectivity index (χ2n) is 4.73. The zero-order valence-electron chi connectivity index (χ0n) is 8.92. The molecule has 2 aliphatic rings. The molecule has 2 aliphatic carbocycles. The molecule has 0 spiro atoms. The van der Waals surface area contributed by atoms with E-state index in [1.807, 2.05) is 0 Å². The highest BCUT2D eigenvalue weighted by Gasteiger charge is 2.43. The number of fused-ring (bicyclic) bond motifs is 2. The second kappa shape index (κ2) is 3.45. The van der Waals surface area contributed by atoms with Crippen molar-refractivity contribution in [2.24, 2.45) is 11.8 Å². The van der Waals surface area contributed by atoms with Gasteiger partial charge < -0.3 is 4.74 Å². The van der Waals surface area contributed by atoms with E-state index >= 15 is 0 Å². The first kappa shape index (κ1) is 9.26. The minimum absolute atomic E-state index is 0.391. The molecule has 2 bridgehead atoms. The van der Waals surface area contributed by atoms with Crippen LogP contribution < -0.4 is 0 Å². The maximum absolute atomic E-state index is 5.94. The third kappa shape index (κ3) is 1.67. The Morgan fingerprint density at radius 1 is 1.38 bits per heavy atom. The second-order valence-corrected chi connectivity index (χ2v) is 4.73. The third-order valence-corrected chi connectivity index (χ3v) is 3.42. The van der Waals surface area contributed by atoms with Gasteiger partial charge in [-0.3, -0.25) is 0 Å². The molecule has 1 nitrogen and oxygen atoms in total. The van der Waals surface area contributed by atoms with E-state index < -0.39 is 0 Å². The topological polar surface area (TPSA) is 9.23 Å². The summed E-state index contributed by atoms with van der Waals surface area (Å²) in [5, 5.41) is 0. The molecule has 0 aromatic rings. The molecule has 2 rings (SSSR count). The standard InChI is InChI=1S/C12H20O/c1-4-10-5-9-6-11(10)12(7-9)13-8(2)3/h4,8-9,11-12H,5-7H2,1-3H3/b10-4-/t9-,11-,12?/m0/s1. The highest BCUT2D eigenvalue weighted by molar-refractivity contribution is 5.18. The largest absolute Gasteiger partial charge is 0.375 e. The van der Waals surface area contributed by atoms with Crippen molar-refractivity contribution in [2.75, 3.05) is 0 Å². The first-order valence-electron chi connectivity index (χ1n) is 5.51. The minimum Gasteiger partial charge on any atom is -0.375 e. The van der Waals surface area contributed by atoms with Crippen LogP contribution in [0.4, 0.5) is 0 Å². The van der Waals surface area contributed by atoms with Crippen LogP contribution in [0, 0.1) is 11.8 Å². The molecule has 0 saturated heterocycles. The van der Waals surface area contributed by atoms with Gasteiger partial charge >= 0.3 is 0 Å².